The number of ether oxygens (including phenoxy) is 1. The van der Waals surface area contributed by atoms with E-state index in [2.05, 4.69) is 0 Å². The van der Waals surface area contributed by atoms with Gasteiger partial charge in [-0.3, -0.25) is 4.90 Å². The fraction of sp³-hybridized carbons (Fsp3) is 1.00. The van der Waals surface area contributed by atoms with Gasteiger partial charge in [-0.1, -0.05) is 0 Å². The van der Waals surface area contributed by atoms with E-state index in [9.17, 15) is 10.2 Å². The topological polar surface area (TPSA) is 52.9 Å². The summed E-state index contributed by atoms with van der Waals surface area (Å²) >= 11 is 0. The lowest BCUT2D eigenvalue weighted by Gasteiger charge is -2.18. The first kappa shape index (κ1) is 9.92. The predicted octanol–water partition coefficient (Wildman–Crippen LogP) is -0.941. The molecular weight excluding hydrogens is 158 g/mol. The third-order valence-corrected chi connectivity index (χ3v) is 2.25. The van der Waals surface area contributed by atoms with E-state index in [1.54, 1.807) is 7.11 Å². The van der Waals surface area contributed by atoms with E-state index in [1.165, 1.54) is 0 Å². The van der Waals surface area contributed by atoms with Gasteiger partial charge in [-0.15, -0.1) is 0 Å². The van der Waals surface area contributed by atoms with Crippen LogP contribution in [0.1, 0.15) is 6.92 Å². The summed E-state index contributed by atoms with van der Waals surface area (Å²) in [6, 6.07) is 0. The van der Waals surface area contributed by atoms with Crippen molar-refractivity contribution >= 4 is 0 Å². The fourth-order valence-electron chi connectivity index (χ4n) is 1.43. The molecule has 1 heterocycles. The van der Waals surface area contributed by atoms with E-state index in [0.717, 1.165) is 6.54 Å². The van der Waals surface area contributed by atoms with Gasteiger partial charge >= 0.3 is 0 Å². The Morgan fingerprint density at radius 1 is 1.42 bits per heavy atom. The average molecular weight is 175 g/mol. The highest BCUT2D eigenvalue weighted by Crippen LogP contribution is 2.10. The van der Waals surface area contributed by atoms with Gasteiger partial charge in [0, 0.05) is 26.7 Å². The molecule has 0 aromatic carbocycles. The molecule has 3 atom stereocenters. The molecule has 2 N–H and O–H groups in total. The second-order valence-electron chi connectivity index (χ2n) is 3.40. The van der Waals surface area contributed by atoms with E-state index in [0.29, 0.717) is 13.1 Å². The van der Waals surface area contributed by atoms with Gasteiger partial charge < -0.3 is 14.9 Å². The lowest BCUT2D eigenvalue weighted by Crippen LogP contribution is -2.30. The summed E-state index contributed by atoms with van der Waals surface area (Å²) < 4.78 is 5.08. The highest BCUT2D eigenvalue weighted by Gasteiger charge is 2.29. The summed E-state index contributed by atoms with van der Waals surface area (Å²) in [5.41, 5.74) is 0. The van der Waals surface area contributed by atoms with Crippen molar-refractivity contribution in [3.63, 3.8) is 0 Å². The Kier molecular flexibility index (Phi) is 3.46. The third-order valence-electron chi connectivity index (χ3n) is 2.25. The van der Waals surface area contributed by atoms with E-state index < -0.39 is 12.2 Å². The summed E-state index contributed by atoms with van der Waals surface area (Å²) in [4.78, 5) is 2.00. The number of aliphatic hydroxyl groups is 2. The van der Waals surface area contributed by atoms with Crippen LogP contribution in [0.15, 0.2) is 0 Å². The molecule has 0 radical (unpaired) electrons. The van der Waals surface area contributed by atoms with Crippen LogP contribution in [0.2, 0.25) is 0 Å². The molecule has 0 spiro atoms. The van der Waals surface area contributed by atoms with E-state index in [4.69, 9.17) is 4.74 Å². The van der Waals surface area contributed by atoms with Crippen molar-refractivity contribution in [2.24, 2.45) is 0 Å². The van der Waals surface area contributed by atoms with Crippen LogP contribution in [0.25, 0.3) is 0 Å². The molecule has 0 amide bonds. The van der Waals surface area contributed by atoms with Crippen molar-refractivity contribution in [1.29, 1.82) is 0 Å². The van der Waals surface area contributed by atoms with Gasteiger partial charge in [0.1, 0.15) is 0 Å². The highest BCUT2D eigenvalue weighted by molar-refractivity contribution is 4.83. The average Bonchev–Trinajstić information content (AvgIpc) is 2.31. The molecule has 72 valence electrons. The second kappa shape index (κ2) is 4.18. The molecule has 1 fully saturated rings. The molecule has 0 aromatic heterocycles. The lowest BCUT2D eigenvalue weighted by atomic mass is 10.3. The monoisotopic (exact) mass is 175 g/mol. The standard InChI is InChI=1S/C8H17NO3/c1-6(12-2)3-9-4-7(10)8(11)5-9/h6-8,10-11H,3-5H2,1-2H3/t6?,7-,8+. The van der Waals surface area contributed by atoms with E-state index in [-0.39, 0.29) is 6.10 Å². The summed E-state index contributed by atoms with van der Waals surface area (Å²) in [5, 5.41) is 18.4. The van der Waals surface area contributed by atoms with Gasteiger partial charge in [-0.2, -0.15) is 0 Å². The smallest absolute Gasteiger partial charge is 0.0938 e. The SMILES string of the molecule is COC(C)CN1C[C@@H](O)[C@@H](O)C1. The Morgan fingerprint density at radius 2 is 1.92 bits per heavy atom. The minimum atomic E-state index is -0.589. The van der Waals surface area contributed by atoms with Gasteiger partial charge in [-0.05, 0) is 6.92 Å². The van der Waals surface area contributed by atoms with Gasteiger partial charge in [-0.25, -0.2) is 0 Å². The van der Waals surface area contributed by atoms with Gasteiger partial charge in [0.05, 0.1) is 18.3 Å². The zero-order chi connectivity index (χ0) is 9.14. The quantitative estimate of drug-likeness (QED) is 0.581. The first-order valence-corrected chi connectivity index (χ1v) is 4.24. The molecule has 0 aromatic rings. The van der Waals surface area contributed by atoms with Crippen molar-refractivity contribution in [2.75, 3.05) is 26.7 Å². The van der Waals surface area contributed by atoms with E-state index >= 15 is 0 Å². The molecular formula is C8H17NO3. The molecule has 1 saturated heterocycles. The first-order chi connectivity index (χ1) is 5.63. The van der Waals surface area contributed by atoms with Crippen LogP contribution in [-0.4, -0.2) is 60.2 Å². The van der Waals surface area contributed by atoms with Crippen molar-refractivity contribution < 1.29 is 14.9 Å². The molecule has 4 nitrogen and oxygen atoms in total. The number of hydrogen-bond acceptors (Lipinski definition) is 4. The first-order valence-electron chi connectivity index (χ1n) is 4.24. The lowest BCUT2D eigenvalue weighted by molar-refractivity contribution is 0.0572. The molecule has 12 heavy (non-hydrogen) atoms. The zero-order valence-corrected chi connectivity index (χ0v) is 7.60. The minimum Gasteiger partial charge on any atom is -0.389 e. The second-order valence-corrected chi connectivity index (χ2v) is 3.40. The van der Waals surface area contributed by atoms with Crippen LogP contribution in [-0.2, 0) is 4.74 Å². The predicted molar refractivity (Wildman–Crippen MR) is 44.9 cm³/mol. The minimum absolute atomic E-state index is 0.155. The van der Waals surface area contributed by atoms with Crippen molar-refractivity contribution in [3.05, 3.63) is 0 Å². The van der Waals surface area contributed by atoms with Gasteiger partial charge in [0.2, 0.25) is 0 Å². The molecule has 1 aliphatic heterocycles. The van der Waals surface area contributed by atoms with Gasteiger partial charge in [0.15, 0.2) is 0 Å². The number of methoxy groups -OCH3 is 1. The number of aliphatic hydroxyl groups excluding tert-OH is 2. The molecule has 0 saturated carbocycles. The van der Waals surface area contributed by atoms with Crippen LogP contribution in [0.3, 0.4) is 0 Å². The third kappa shape index (κ3) is 2.42. The van der Waals surface area contributed by atoms with Gasteiger partial charge in [0.25, 0.3) is 0 Å². The van der Waals surface area contributed by atoms with E-state index in [1.807, 2.05) is 11.8 Å². The molecule has 1 rings (SSSR count). The Morgan fingerprint density at radius 3 is 2.33 bits per heavy atom. The van der Waals surface area contributed by atoms with Crippen LogP contribution < -0.4 is 0 Å². The van der Waals surface area contributed by atoms with Crippen molar-refractivity contribution in [3.8, 4) is 0 Å². The maximum absolute atomic E-state index is 9.22. The molecule has 0 bridgehead atoms. The van der Waals surface area contributed by atoms with Crippen LogP contribution in [0, 0.1) is 0 Å². The summed E-state index contributed by atoms with van der Waals surface area (Å²) in [7, 11) is 1.66. The molecule has 1 unspecified atom stereocenters. The fourth-order valence-corrected chi connectivity index (χ4v) is 1.43. The van der Waals surface area contributed by atoms with Crippen LogP contribution in [0.4, 0.5) is 0 Å². The van der Waals surface area contributed by atoms with Crippen molar-refractivity contribution in [1.82, 2.24) is 4.90 Å². The summed E-state index contributed by atoms with van der Waals surface area (Å²) in [6.45, 7) is 3.84. The normalized spacial score (nSPS) is 34.0. The number of likely N-dealkylation sites (tertiary alicyclic amines) is 1. The van der Waals surface area contributed by atoms with Crippen LogP contribution in [0.5, 0.6) is 0 Å². The number of rotatable bonds is 3. The largest absolute Gasteiger partial charge is 0.389 e. The number of nitrogens with zero attached hydrogens (tertiary/aromatic N) is 1. The zero-order valence-electron chi connectivity index (χ0n) is 7.60. The summed E-state index contributed by atoms with van der Waals surface area (Å²) in [6.07, 6.45) is -1.02. The number of hydrogen-bond donors (Lipinski definition) is 2. The Labute approximate surface area is 72.7 Å². The molecule has 4 heteroatoms. The maximum atomic E-state index is 9.22. The molecule has 0 aliphatic carbocycles. The highest BCUT2D eigenvalue weighted by atomic mass is 16.5. The molecule has 1 aliphatic rings. The Hall–Kier alpha value is -0.160. The Balaban J connectivity index is 2.27. The summed E-state index contributed by atoms with van der Waals surface area (Å²) in [5.74, 6) is 0. The Bertz CT molecular complexity index is 132. The van der Waals surface area contributed by atoms with Crippen LogP contribution >= 0.6 is 0 Å². The maximum Gasteiger partial charge on any atom is 0.0938 e. The number of β-amino-alcohol motifs (C(OH)–C–C–N with tert-alkyl or cyclic N) is 2. The van der Waals surface area contributed by atoms with Crippen molar-refractivity contribution in [2.45, 2.75) is 25.2 Å².